The van der Waals surface area contributed by atoms with Crippen LogP contribution in [0, 0.1) is 11.8 Å². The Labute approximate surface area is 178 Å². The predicted octanol–water partition coefficient (Wildman–Crippen LogP) is 3.81. The first-order chi connectivity index (χ1) is 14.7. The number of nitrogens with zero attached hydrogens (tertiary/aromatic N) is 2. The van der Waals surface area contributed by atoms with Gasteiger partial charge in [-0.1, -0.05) is 6.08 Å². The van der Waals surface area contributed by atoms with Crippen LogP contribution >= 0.6 is 0 Å². The van der Waals surface area contributed by atoms with Crippen molar-refractivity contribution in [1.29, 1.82) is 0 Å². The second-order valence-electron chi connectivity index (χ2n) is 7.78. The van der Waals surface area contributed by atoms with Crippen molar-refractivity contribution in [3.63, 3.8) is 0 Å². The number of pyridine rings is 1. The first-order valence-electron chi connectivity index (χ1n) is 9.93. The van der Waals surface area contributed by atoms with E-state index in [-0.39, 0.29) is 6.04 Å². The highest BCUT2D eigenvalue weighted by Gasteiger charge is 2.42. The molecule has 3 aliphatic rings. The third-order valence-corrected chi connectivity index (χ3v) is 6.06. The molecule has 1 aromatic carbocycles. The number of hydrogen-bond acceptors (Lipinski definition) is 5. The summed E-state index contributed by atoms with van der Waals surface area (Å²) in [4.78, 5) is 15.8. The fourth-order valence-corrected chi connectivity index (χ4v) is 4.44. The van der Waals surface area contributed by atoms with Crippen molar-refractivity contribution in [2.24, 2.45) is 11.8 Å². The second kappa shape index (κ2) is 9.23. The molecule has 3 fully saturated rings. The van der Waals surface area contributed by atoms with Gasteiger partial charge in [-0.05, 0) is 61.1 Å². The van der Waals surface area contributed by atoms with E-state index >= 15 is 0 Å². The van der Waals surface area contributed by atoms with Crippen molar-refractivity contribution >= 4 is 16.9 Å². The summed E-state index contributed by atoms with van der Waals surface area (Å²) in [6, 6.07) is 7.96. The maximum atomic E-state index is 11.2. The molecule has 31 heavy (non-hydrogen) atoms. The summed E-state index contributed by atoms with van der Waals surface area (Å²) in [5.41, 5.74) is 1.85. The predicted molar refractivity (Wildman–Crippen MR) is 109 cm³/mol. The number of hydrogen-bond donors (Lipinski definition) is 2. The van der Waals surface area contributed by atoms with Crippen LogP contribution in [0.2, 0.25) is 0 Å². The zero-order valence-corrected chi connectivity index (χ0v) is 17.0. The van der Waals surface area contributed by atoms with Gasteiger partial charge in [0.1, 0.15) is 5.75 Å². The average Bonchev–Trinajstić information content (AvgIpc) is 2.77. The maximum Gasteiger partial charge on any atom is 0.490 e. The van der Waals surface area contributed by atoms with Crippen LogP contribution < -0.4 is 4.74 Å². The van der Waals surface area contributed by atoms with Crippen LogP contribution in [0.5, 0.6) is 5.75 Å². The lowest BCUT2D eigenvalue weighted by molar-refractivity contribution is -0.192. The van der Waals surface area contributed by atoms with E-state index < -0.39 is 18.2 Å². The summed E-state index contributed by atoms with van der Waals surface area (Å²) in [5, 5.41) is 19.3. The lowest BCUT2D eigenvalue weighted by Crippen LogP contribution is -2.54. The molecule has 5 atom stereocenters. The molecule has 0 amide bonds. The normalized spacial score (nSPS) is 26.0. The number of fused-ring (bicyclic) bond motifs is 4. The number of benzene rings is 1. The van der Waals surface area contributed by atoms with Crippen LogP contribution in [0.4, 0.5) is 13.2 Å². The molecular formula is C22H25F3N2O4. The Kier molecular flexibility index (Phi) is 6.86. The summed E-state index contributed by atoms with van der Waals surface area (Å²) >= 11 is 0. The zero-order valence-electron chi connectivity index (χ0n) is 17.0. The number of piperidine rings is 3. The fourth-order valence-electron chi connectivity index (χ4n) is 4.44. The first-order valence-corrected chi connectivity index (χ1v) is 9.93. The van der Waals surface area contributed by atoms with Crippen molar-refractivity contribution in [2.45, 2.75) is 31.2 Å². The monoisotopic (exact) mass is 438 g/mol. The molecule has 2 N–H and O–H groups in total. The van der Waals surface area contributed by atoms with Crippen molar-refractivity contribution in [3.8, 4) is 5.75 Å². The number of carboxylic acid groups (broad SMARTS) is 1. The molecule has 9 heteroatoms. The number of rotatable bonds is 4. The molecule has 6 nitrogen and oxygen atoms in total. The van der Waals surface area contributed by atoms with Crippen LogP contribution in [0.1, 0.15) is 24.5 Å². The number of halogens is 3. The Balaban J connectivity index is 0.000000339. The largest absolute Gasteiger partial charge is 0.497 e. The molecule has 0 saturated carbocycles. The molecule has 168 valence electrons. The van der Waals surface area contributed by atoms with Crippen LogP contribution in [0.25, 0.3) is 10.9 Å². The second-order valence-corrected chi connectivity index (χ2v) is 7.78. The number of aliphatic carboxylic acids is 1. The maximum absolute atomic E-state index is 11.2. The van der Waals surface area contributed by atoms with Gasteiger partial charge >= 0.3 is 12.1 Å². The van der Waals surface area contributed by atoms with Gasteiger partial charge in [0.25, 0.3) is 0 Å². The molecule has 0 radical (unpaired) electrons. The van der Waals surface area contributed by atoms with Gasteiger partial charge in [0.2, 0.25) is 0 Å². The van der Waals surface area contributed by atoms with Crippen LogP contribution in [0.3, 0.4) is 0 Å². The summed E-state index contributed by atoms with van der Waals surface area (Å²) < 4.78 is 37.1. The minimum Gasteiger partial charge on any atom is -0.497 e. The highest BCUT2D eigenvalue weighted by atomic mass is 19.4. The van der Waals surface area contributed by atoms with E-state index in [9.17, 15) is 18.3 Å². The topological polar surface area (TPSA) is 82.9 Å². The van der Waals surface area contributed by atoms with Crippen LogP contribution in [0.15, 0.2) is 43.1 Å². The summed E-state index contributed by atoms with van der Waals surface area (Å²) in [6.45, 7) is 6.07. The number of aliphatic hydroxyl groups is 1. The highest BCUT2D eigenvalue weighted by molar-refractivity contribution is 5.84. The van der Waals surface area contributed by atoms with Gasteiger partial charge in [0.05, 0.1) is 18.7 Å². The molecule has 4 heterocycles. The quantitative estimate of drug-likeness (QED) is 0.707. The Bertz CT molecular complexity index is 950. The summed E-state index contributed by atoms with van der Waals surface area (Å²) in [7, 11) is 1.66. The average molecular weight is 438 g/mol. The Morgan fingerprint density at radius 3 is 2.65 bits per heavy atom. The van der Waals surface area contributed by atoms with Gasteiger partial charge in [-0.15, -0.1) is 6.58 Å². The van der Waals surface area contributed by atoms with Gasteiger partial charge in [-0.2, -0.15) is 13.2 Å². The molecule has 0 unspecified atom stereocenters. The van der Waals surface area contributed by atoms with E-state index in [0.29, 0.717) is 11.8 Å². The molecule has 1 aromatic heterocycles. The third kappa shape index (κ3) is 4.99. The molecule has 0 spiro atoms. The highest BCUT2D eigenvalue weighted by Crippen LogP contribution is 2.42. The van der Waals surface area contributed by atoms with E-state index in [1.165, 1.54) is 6.42 Å². The number of ether oxygens (including phenoxy) is 1. The standard InChI is InChI=1S/C20H24N2O2.C2HF3O2/c1-3-13-12-22-9-7-14(13)10-19(22)20(23)16-6-8-21-18-5-4-15(24-2)11-17(16)18;3-2(4,5)1(6)7/h3-6,8,11,13-14,19-20,23H,1,7,9-10,12H2,2H3;(H,6,7)/t13-,14-,19-,20+;/m0./s1. The number of carboxylic acids is 1. The summed E-state index contributed by atoms with van der Waals surface area (Å²) in [6.07, 6.45) is 0.537. The molecular weight excluding hydrogens is 413 g/mol. The molecule has 3 aliphatic heterocycles. The van der Waals surface area contributed by atoms with Crippen LogP contribution in [-0.2, 0) is 4.79 Å². The van der Waals surface area contributed by atoms with Crippen molar-refractivity contribution in [1.82, 2.24) is 9.88 Å². The minimum atomic E-state index is -5.08. The smallest absolute Gasteiger partial charge is 0.490 e. The zero-order chi connectivity index (χ0) is 22.8. The molecule has 5 rings (SSSR count). The van der Waals surface area contributed by atoms with Crippen molar-refractivity contribution in [3.05, 3.63) is 48.7 Å². The number of aromatic nitrogens is 1. The van der Waals surface area contributed by atoms with Crippen molar-refractivity contribution in [2.75, 3.05) is 20.2 Å². The fraction of sp³-hybridized carbons (Fsp3) is 0.455. The number of aliphatic hydroxyl groups excluding tert-OH is 1. The van der Waals surface area contributed by atoms with Gasteiger partial charge in [-0.3, -0.25) is 9.88 Å². The first kappa shape index (κ1) is 23.0. The number of methoxy groups -OCH3 is 1. The molecule has 2 bridgehead atoms. The molecule has 3 saturated heterocycles. The SMILES string of the molecule is C=C[C@H]1C[N@]2CC[C@H]1C[C@H]2[C@H](O)c1ccnc2ccc(OC)cc12.O=C(O)C(F)(F)F. The molecule has 0 aliphatic carbocycles. The van der Waals surface area contributed by atoms with E-state index in [2.05, 4.69) is 22.5 Å². The van der Waals surface area contributed by atoms with E-state index in [4.69, 9.17) is 14.6 Å². The molecule has 2 aromatic rings. The Morgan fingerprint density at radius 1 is 1.39 bits per heavy atom. The van der Waals surface area contributed by atoms with Gasteiger partial charge in [0, 0.05) is 24.2 Å². The third-order valence-electron chi connectivity index (χ3n) is 6.06. The minimum absolute atomic E-state index is 0.178. The van der Waals surface area contributed by atoms with Crippen LogP contribution in [-0.4, -0.2) is 58.5 Å². The number of alkyl halides is 3. The van der Waals surface area contributed by atoms with Gasteiger partial charge in [-0.25, -0.2) is 4.79 Å². The van der Waals surface area contributed by atoms with Gasteiger partial charge in [0.15, 0.2) is 0 Å². The number of carbonyl (C=O) groups is 1. The van der Waals surface area contributed by atoms with E-state index in [0.717, 1.165) is 41.7 Å². The lowest BCUT2D eigenvalue weighted by Gasteiger charge is -2.50. The Hall–Kier alpha value is -2.65. The van der Waals surface area contributed by atoms with E-state index in [1.54, 1.807) is 13.3 Å². The van der Waals surface area contributed by atoms with Crippen molar-refractivity contribution < 1.29 is 32.9 Å². The van der Waals surface area contributed by atoms with E-state index in [1.807, 2.05) is 24.3 Å². The van der Waals surface area contributed by atoms with Gasteiger partial charge < -0.3 is 14.9 Å². The Morgan fingerprint density at radius 2 is 2.10 bits per heavy atom. The summed E-state index contributed by atoms with van der Waals surface area (Å²) in [5.74, 6) is -0.750. The lowest BCUT2D eigenvalue weighted by atomic mass is 9.73.